The molecule has 0 radical (unpaired) electrons. The van der Waals surface area contributed by atoms with Gasteiger partial charge in [-0.05, 0) is 18.9 Å². The number of rotatable bonds is 8. The number of ether oxygens (including phenoxy) is 2. The predicted octanol–water partition coefficient (Wildman–Crippen LogP) is 1.73. The Kier molecular flexibility index (Phi) is 7.74. The fourth-order valence-electron chi connectivity index (χ4n) is 5.74. The number of amides is 4. The average molecular weight is 486 g/mol. The molecule has 4 rings (SSSR count). The fourth-order valence-corrected chi connectivity index (χ4v) is 5.74. The van der Waals surface area contributed by atoms with Crippen LogP contribution in [0.1, 0.15) is 50.5 Å². The average Bonchev–Trinajstić information content (AvgIpc) is 3.12. The first-order valence-corrected chi connectivity index (χ1v) is 12.5. The molecule has 1 atom stereocenters. The number of benzene rings is 1. The van der Waals surface area contributed by atoms with Crippen molar-refractivity contribution in [3.8, 4) is 5.75 Å². The molecule has 35 heavy (non-hydrogen) atoms. The molecule has 1 aliphatic carbocycles. The third-order valence-electron chi connectivity index (χ3n) is 7.63. The Balaban J connectivity index is 1.56. The summed E-state index contributed by atoms with van der Waals surface area (Å²) < 4.78 is 10.6. The number of piperazine rings is 1. The summed E-state index contributed by atoms with van der Waals surface area (Å²) in [5.41, 5.74) is -0.862. The Morgan fingerprint density at radius 1 is 1.03 bits per heavy atom. The molecule has 0 N–H and O–H groups in total. The van der Waals surface area contributed by atoms with E-state index in [1.165, 1.54) is 30.4 Å². The zero-order chi connectivity index (χ0) is 25.0. The van der Waals surface area contributed by atoms with Crippen molar-refractivity contribution in [1.82, 2.24) is 14.7 Å². The molecule has 2 aliphatic heterocycles. The first-order chi connectivity index (χ1) is 16.9. The smallest absolute Gasteiger partial charge is 0.242 e. The van der Waals surface area contributed by atoms with Gasteiger partial charge in [-0.25, -0.2) is 0 Å². The molecule has 3 fully saturated rings. The van der Waals surface area contributed by atoms with Crippen LogP contribution in [0.5, 0.6) is 5.75 Å². The molecule has 4 amide bonds. The summed E-state index contributed by atoms with van der Waals surface area (Å²) in [5, 5.41) is 0. The summed E-state index contributed by atoms with van der Waals surface area (Å²) in [6, 6.07) is 7.28. The highest BCUT2D eigenvalue weighted by Crippen LogP contribution is 2.44. The van der Waals surface area contributed by atoms with Crippen LogP contribution in [0.4, 0.5) is 0 Å². The second kappa shape index (κ2) is 10.8. The topological polar surface area (TPSA) is 96.5 Å². The summed E-state index contributed by atoms with van der Waals surface area (Å²) in [6.45, 7) is 1.28. The van der Waals surface area contributed by atoms with Gasteiger partial charge in [-0.15, -0.1) is 0 Å². The monoisotopic (exact) mass is 485 g/mol. The van der Waals surface area contributed by atoms with E-state index in [2.05, 4.69) is 0 Å². The predicted molar refractivity (Wildman–Crippen MR) is 128 cm³/mol. The molecule has 1 aromatic rings. The highest BCUT2D eigenvalue weighted by atomic mass is 16.5. The highest BCUT2D eigenvalue weighted by molar-refractivity contribution is 6.11. The summed E-state index contributed by atoms with van der Waals surface area (Å²) in [7, 11) is 3.01. The first kappa shape index (κ1) is 25.2. The first-order valence-electron chi connectivity index (χ1n) is 12.5. The van der Waals surface area contributed by atoms with Gasteiger partial charge in [-0.1, -0.05) is 37.5 Å². The number of hydrogen-bond donors (Lipinski definition) is 0. The fraction of sp³-hybridized carbons (Fsp3) is 0.615. The van der Waals surface area contributed by atoms with Crippen LogP contribution in [0.25, 0.3) is 0 Å². The van der Waals surface area contributed by atoms with Crippen LogP contribution in [0.15, 0.2) is 24.3 Å². The molecule has 190 valence electrons. The van der Waals surface area contributed by atoms with Crippen LogP contribution in [0.2, 0.25) is 0 Å². The normalized spacial score (nSPS) is 23.8. The number of carbonyl (C=O) groups excluding carboxylic acids is 4. The Morgan fingerprint density at radius 3 is 2.46 bits per heavy atom. The molecule has 1 aromatic carbocycles. The van der Waals surface area contributed by atoms with Crippen molar-refractivity contribution in [2.24, 2.45) is 0 Å². The van der Waals surface area contributed by atoms with Crippen LogP contribution in [-0.4, -0.2) is 91.4 Å². The molecule has 1 saturated carbocycles. The van der Waals surface area contributed by atoms with Gasteiger partial charge in [0.05, 0.1) is 32.2 Å². The minimum Gasteiger partial charge on any atom is -0.496 e. The summed E-state index contributed by atoms with van der Waals surface area (Å²) >= 11 is 0. The van der Waals surface area contributed by atoms with E-state index in [1.54, 1.807) is 24.3 Å². The van der Waals surface area contributed by atoms with Crippen LogP contribution in [-0.2, 0) is 29.3 Å². The molecule has 3 aliphatic rings. The van der Waals surface area contributed by atoms with E-state index in [-0.39, 0.29) is 56.3 Å². The SMILES string of the molecule is COCCN1C(=O)C[C@](CC(=O)N2CCN(C3CCCCC3)C(=O)C2)(c2ccccc2OC)C1=O. The molecule has 9 nitrogen and oxygen atoms in total. The van der Waals surface area contributed by atoms with Gasteiger partial charge in [0.25, 0.3) is 0 Å². The number of hydrogen-bond acceptors (Lipinski definition) is 6. The van der Waals surface area contributed by atoms with Crippen LogP contribution >= 0.6 is 0 Å². The van der Waals surface area contributed by atoms with E-state index in [0.717, 1.165) is 25.7 Å². The maximum absolute atomic E-state index is 13.7. The van der Waals surface area contributed by atoms with Crippen LogP contribution < -0.4 is 4.74 Å². The van der Waals surface area contributed by atoms with Crippen molar-refractivity contribution in [2.75, 3.05) is 47.0 Å². The van der Waals surface area contributed by atoms with E-state index >= 15 is 0 Å². The standard InChI is InChI=1S/C26H35N3O6/c1-34-15-14-29-23(31)17-26(25(29)33,20-10-6-7-11-21(20)35-2)16-22(30)27-12-13-28(24(32)18-27)19-8-4-3-5-9-19/h6-7,10-11,19H,3-5,8-9,12-18H2,1-2H3/t26-/m1/s1. The van der Waals surface area contributed by atoms with Gasteiger partial charge in [-0.3, -0.25) is 24.1 Å². The van der Waals surface area contributed by atoms with Gasteiger partial charge in [0.2, 0.25) is 23.6 Å². The lowest BCUT2D eigenvalue weighted by molar-refractivity contribution is -0.149. The van der Waals surface area contributed by atoms with Crippen LogP contribution in [0, 0.1) is 0 Å². The molecule has 0 aromatic heterocycles. The van der Waals surface area contributed by atoms with Crippen molar-refractivity contribution in [3.63, 3.8) is 0 Å². The molecule has 9 heteroatoms. The Hall–Kier alpha value is -2.94. The quantitative estimate of drug-likeness (QED) is 0.521. The van der Waals surface area contributed by atoms with Crippen LogP contribution in [0.3, 0.4) is 0 Å². The van der Waals surface area contributed by atoms with Gasteiger partial charge >= 0.3 is 0 Å². The summed E-state index contributed by atoms with van der Waals surface area (Å²) in [4.78, 5) is 57.8. The zero-order valence-electron chi connectivity index (χ0n) is 20.7. The molecule has 0 spiro atoms. The maximum Gasteiger partial charge on any atom is 0.242 e. The molecule has 0 bridgehead atoms. The zero-order valence-corrected chi connectivity index (χ0v) is 20.7. The van der Waals surface area contributed by atoms with E-state index in [1.807, 2.05) is 4.90 Å². The van der Waals surface area contributed by atoms with Crippen molar-refractivity contribution < 1.29 is 28.7 Å². The number of para-hydroxylation sites is 1. The van der Waals surface area contributed by atoms with Gasteiger partial charge in [-0.2, -0.15) is 0 Å². The van der Waals surface area contributed by atoms with E-state index in [4.69, 9.17) is 9.47 Å². The minimum absolute atomic E-state index is 0.00681. The molecule has 2 heterocycles. The summed E-state index contributed by atoms with van der Waals surface area (Å²) in [6.07, 6.45) is 5.19. The Bertz CT molecular complexity index is 976. The van der Waals surface area contributed by atoms with Crippen molar-refractivity contribution in [3.05, 3.63) is 29.8 Å². The largest absolute Gasteiger partial charge is 0.496 e. The maximum atomic E-state index is 13.7. The summed E-state index contributed by atoms with van der Waals surface area (Å²) in [5.74, 6) is -0.664. The number of nitrogens with zero attached hydrogens (tertiary/aromatic N) is 3. The second-order valence-corrected chi connectivity index (χ2v) is 9.67. The number of imide groups is 1. The number of methoxy groups -OCH3 is 2. The lowest BCUT2D eigenvalue weighted by Crippen LogP contribution is -2.56. The number of carbonyl (C=O) groups is 4. The van der Waals surface area contributed by atoms with E-state index < -0.39 is 11.3 Å². The number of likely N-dealkylation sites (tertiary alicyclic amines) is 1. The van der Waals surface area contributed by atoms with Crippen molar-refractivity contribution in [2.45, 2.75) is 56.4 Å². The second-order valence-electron chi connectivity index (χ2n) is 9.67. The lowest BCUT2D eigenvalue weighted by atomic mass is 9.75. The molecular formula is C26H35N3O6. The third kappa shape index (κ3) is 4.91. The molecule has 0 unspecified atom stereocenters. The van der Waals surface area contributed by atoms with Crippen molar-refractivity contribution in [1.29, 1.82) is 0 Å². The van der Waals surface area contributed by atoms with E-state index in [9.17, 15) is 19.2 Å². The van der Waals surface area contributed by atoms with Gasteiger partial charge < -0.3 is 19.3 Å². The Morgan fingerprint density at radius 2 is 1.77 bits per heavy atom. The molecular weight excluding hydrogens is 450 g/mol. The highest BCUT2D eigenvalue weighted by Gasteiger charge is 2.55. The lowest BCUT2D eigenvalue weighted by Gasteiger charge is -2.41. The van der Waals surface area contributed by atoms with Crippen molar-refractivity contribution >= 4 is 23.6 Å². The van der Waals surface area contributed by atoms with E-state index in [0.29, 0.717) is 24.4 Å². The van der Waals surface area contributed by atoms with Gasteiger partial charge in [0.1, 0.15) is 5.75 Å². The van der Waals surface area contributed by atoms with Gasteiger partial charge in [0, 0.05) is 44.6 Å². The minimum atomic E-state index is -1.38. The Labute approximate surface area is 206 Å². The van der Waals surface area contributed by atoms with Gasteiger partial charge in [0.15, 0.2) is 0 Å². The molecule has 2 saturated heterocycles. The third-order valence-corrected chi connectivity index (χ3v) is 7.63.